The Hall–Kier alpha value is -3.02. The molecule has 0 aliphatic carbocycles. The number of amides is 1. The summed E-state index contributed by atoms with van der Waals surface area (Å²) in [5, 5.41) is 12.2. The average Bonchev–Trinajstić information content (AvgIpc) is 3.16. The van der Waals surface area contributed by atoms with Crippen molar-refractivity contribution in [2.24, 2.45) is 0 Å². The van der Waals surface area contributed by atoms with Crippen LogP contribution in [0.4, 0.5) is 11.5 Å². The first-order chi connectivity index (χ1) is 12.2. The van der Waals surface area contributed by atoms with Gasteiger partial charge >= 0.3 is 0 Å². The molecule has 0 saturated carbocycles. The Labute approximate surface area is 145 Å². The van der Waals surface area contributed by atoms with Crippen LogP contribution < -0.4 is 10.2 Å². The Morgan fingerprint density at radius 2 is 1.88 bits per heavy atom. The van der Waals surface area contributed by atoms with Gasteiger partial charge in [0.15, 0.2) is 11.5 Å². The van der Waals surface area contributed by atoms with Crippen LogP contribution in [-0.4, -0.2) is 34.2 Å². The van der Waals surface area contributed by atoms with Crippen molar-refractivity contribution in [2.45, 2.75) is 19.8 Å². The Morgan fingerprint density at radius 1 is 1.08 bits per heavy atom. The summed E-state index contributed by atoms with van der Waals surface area (Å²) in [6.45, 7) is 3.91. The van der Waals surface area contributed by atoms with E-state index in [0.717, 1.165) is 41.2 Å². The van der Waals surface area contributed by atoms with Crippen molar-refractivity contribution in [1.29, 1.82) is 0 Å². The molecule has 2 aromatic heterocycles. The molecule has 1 N–H and O–H groups in total. The minimum absolute atomic E-state index is 0.267. The second kappa shape index (κ2) is 6.47. The summed E-state index contributed by atoms with van der Waals surface area (Å²) in [6, 6.07) is 13.2. The van der Waals surface area contributed by atoms with Crippen LogP contribution in [0, 0.1) is 6.92 Å². The molecule has 0 atom stereocenters. The Balaban J connectivity index is 1.58. The van der Waals surface area contributed by atoms with Gasteiger partial charge in [0.05, 0.1) is 11.2 Å². The third kappa shape index (κ3) is 3.15. The van der Waals surface area contributed by atoms with Crippen molar-refractivity contribution in [3.8, 4) is 0 Å². The molecule has 6 nitrogen and oxygen atoms in total. The first kappa shape index (κ1) is 15.5. The molecule has 1 fully saturated rings. The van der Waals surface area contributed by atoms with E-state index < -0.39 is 0 Å². The van der Waals surface area contributed by atoms with Crippen LogP contribution in [0.5, 0.6) is 0 Å². The standard InChI is InChI=1S/C19H19N5O/c1-13-12-17(14-6-2-3-7-15(14)20-13)21-19(25)16-8-9-18(23-22-16)24-10-4-5-11-24/h2-3,6-9,12H,4-5,10-11H2,1H3,(H,20,21,25). The van der Waals surface area contributed by atoms with Crippen LogP contribution in [0.15, 0.2) is 42.5 Å². The predicted molar refractivity (Wildman–Crippen MR) is 97.9 cm³/mol. The molecule has 0 bridgehead atoms. The van der Waals surface area contributed by atoms with Crippen molar-refractivity contribution < 1.29 is 4.79 Å². The lowest BCUT2D eigenvalue weighted by atomic mass is 10.1. The summed E-state index contributed by atoms with van der Waals surface area (Å²) in [7, 11) is 0. The highest BCUT2D eigenvalue weighted by Crippen LogP contribution is 2.23. The van der Waals surface area contributed by atoms with E-state index in [0.29, 0.717) is 5.69 Å². The van der Waals surface area contributed by atoms with E-state index >= 15 is 0 Å². The molecule has 0 radical (unpaired) electrons. The summed E-state index contributed by atoms with van der Waals surface area (Å²) in [6.07, 6.45) is 2.36. The first-order valence-corrected chi connectivity index (χ1v) is 8.47. The molecule has 6 heteroatoms. The quantitative estimate of drug-likeness (QED) is 0.797. The largest absolute Gasteiger partial charge is 0.355 e. The number of carbonyl (C=O) groups is 1. The maximum Gasteiger partial charge on any atom is 0.276 e. The number of rotatable bonds is 3. The number of benzene rings is 1. The fourth-order valence-electron chi connectivity index (χ4n) is 3.16. The number of anilines is 2. The molecule has 126 valence electrons. The Kier molecular flexibility index (Phi) is 4.01. The lowest BCUT2D eigenvalue weighted by Gasteiger charge is -2.15. The zero-order chi connectivity index (χ0) is 17.2. The molecule has 1 aliphatic heterocycles. The second-order valence-corrected chi connectivity index (χ2v) is 6.25. The molecular weight excluding hydrogens is 314 g/mol. The van der Waals surface area contributed by atoms with E-state index in [1.807, 2.05) is 43.3 Å². The highest BCUT2D eigenvalue weighted by atomic mass is 16.1. The molecule has 4 rings (SSSR count). The summed E-state index contributed by atoms with van der Waals surface area (Å²) in [5.41, 5.74) is 2.75. The van der Waals surface area contributed by atoms with E-state index in [-0.39, 0.29) is 5.91 Å². The molecular formula is C19H19N5O. The Morgan fingerprint density at radius 3 is 2.64 bits per heavy atom. The number of nitrogens with one attached hydrogen (secondary N) is 1. The van der Waals surface area contributed by atoms with Crippen LogP contribution in [0.3, 0.4) is 0 Å². The van der Waals surface area contributed by atoms with E-state index in [9.17, 15) is 4.79 Å². The van der Waals surface area contributed by atoms with Crippen LogP contribution >= 0.6 is 0 Å². The highest BCUT2D eigenvalue weighted by Gasteiger charge is 2.16. The number of fused-ring (bicyclic) bond motifs is 1. The number of pyridine rings is 1. The number of hydrogen-bond donors (Lipinski definition) is 1. The summed E-state index contributed by atoms with van der Waals surface area (Å²) in [4.78, 5) is 19.2. The van der Waals surface area contributed by atoms with Crippen molar-refractivity contribution in [2.75, 3.05) is 23.3 Å². The van der Waals surface area contributed by atoms with Crippen LogP contribution in [0.25, 0.3) is 10.9 Å². The van der Waals surface area contributed by atoms with Gasteiger partial charge in [-0.3, -0.25) is 9.78 Å². The van der Waals surface area contributed by atoms with Gasteiger partial charge in [0.1, 0.15) is 0 Å². The zero-order valence-electron chi connectivity index (χ0n) is 14.1. The van der Waals surface area contributed by atoms with Crippen LogP contribution in [0.2, 0.25) is 0 Å². The van der Waals surface area contributed by atoms with Gasteiger partial charge in [-0.1, -0.05) is 18.2 Å². The van der Waals surface area contributed by atoms with Crippen LogP contribution in [0.1, 0.15) is 29.0 Å². The minimum atomic E-state index is -0.267. The normalized spacial score (nSPS) is 14.0. The molecule has 25 heavy (non-hydrogen) atoms. The Bertz CT molecular complexity index is 917. The minimum Gasteiger partial charge on any atom is -0.355 e. The topological polar surface area (TPSA) is 71.0 Å². The van der Waals surface area contributed by atoms with Gasteiger partial charge in [0, 0.05) is 24.2 Å². The lowest BCUT2D eigenvalue weighted by Crippen LogP contribution is -2.21. The molecule has 1 aliphatic rings. The monoisotopic (exact) mass is 333 g/mol. The van der Waals surface area contributed by atoms with Crippen molar-refractivity contribution >= 4 is 28.3 Å². The van der Waals surface area contributed by atoms with Gasteiger partial charge < -0.3 is 10.2 Å². The molecule has 0 spiro atoms. The maximum atomic E-state index is 12.6. The fraction of sp³-hybridized carbons (Fsp3) is 0.263. The van der Waals surface area contributed by atoms with E-state index in [1.165, 1.54) is 12.8 Å². The zero-order valence-corrected chi connectivity index (χ0v) is 14.1. The average molecular weight is 333 g/mol. The van der Waals surface area contributed by atoms with Gasteiger partial charge in [-0.05, 0) is 44.0 Å². The van der Waals surface area contributed by atoms with Crippen molar-refractivity contribution in [1.82, 2.24) is 15.2 Å². The fourth-order valence-corrected chi connectivity index (χ4v) is 3.16. The molecule has 1 amide bonds. The molecule has 1 aromatic carbocycles. The number of hydrogen-bond acceptors (Lipinski definition) is 5. The predicted octanol–water partition coefficient (Wildman–Crippen LogP) is 3.19. The number of carbonyl (C=O) groups excluding carboxylic acids is 1. The SMILES string of the molecule is Cc1cc(NC(=O)c2ccc(N3CCCC3)nn2)c2ccccc2n1. The smallest absolute Gasteiger partial charge is 0.276 e. The number of aromatic nitrogens is 3. The van der Waals surface area contributed by atoms with Gasteiger partial charge in [-0.15, -0.1) is 10.2 Å². The highest BCUT2D eigenvalue weighted by molar-refractivity contribution is 6.07. The van der Waals surface area contributed by atoms with Gasteiger partial charge in [0.2, 0.25) is 0 Å². The molecule has 3 aromatic rings. The maximum absolute atomic E-state index is 12.6. The van der Waals surface area contributed by atoms with Gasteiger partial charge in [-0.25, -0.2) is 0 Å². The van der Waals surface area contributed by atoms with Crippen LogP contribution in [-0.2, 0) is 0 Å². The van der Waals surface area contributed by atoms with Crippen molar-refractivity contribution in [3.63, 3.8) is 0 Å². The van der Waals surface area contributed by atoms with E-state index in [1.54, 1.807) is 6.07 Å². The molecule has 1 saturated heterocycles. The molecule has 0 unspecified atom stereocenters. The van der Waals surface area contributed by atoms with Gasteiger partial charge in [0.25, 0.3) is 5.91 Å². The van der Waals surface area contributed by atoms with E-state index in [4.69, 9.17) is 0 Å². The van der Waals surface area contributed by atoms with Gasteiger partial charge in [-0.2, -0.15) is 0 Å². The lowest BCUT2D eigenvalue weighted by molar-refractivity contribution is 0.102. The summed E-state index contributed by atoms with van der Waals surface area (Å²) in [5.74, 6) is 0.565. The summed E-state index contributed by atoms with van der Waals surface area (Å²) >= 11 is 0. The molecule has 3 heterocycles. The van der Waals surface area contributed by atoms with Crippen molar-refractivity contribution in [3.05, 3.63) is 53.9 Å². The third-order valence-electron chi connectivity index (χ3n) is 4.41. The van der Waals surface area contributed by atoms with E-state index in [2.05, 4.69) is 25.4 Å². The third-order valence-corrected chi connectivity index (χ3v) is 4.41. The number of para-hydroxylation sites is 1. The second-order valence-electron chi connectivity index (χ2n) is 6.25. The summed E-state index contributed by atoms with van der Waals surface area (Å²) < 4.78 is 0. The first-order valence-electron chi connectivity index (χ1n) is 8.47. The number of nitrogens with zero attached hydrogens (tertiary/aromatic N) is 4. The number of aryl methyl sites for hydroxylation is 1.